The second-order valence-electron chi connectivity index (χ2n) is 10.2. The summed E-state index contributed by atoms with van der Waals surface area (Å²) in [4.78, 5) is 44.3. The summed E-state index contributed by atoms with van der Waals surface area (Å²) in [6.45, 7) is 3.00. The Bertz CT molecular complexity index is 1260. The molecule has 2 aliphatic heterocycles. The minimum atomic E-state index is -0.676. The molecule has 218 valence electrons. The molecule has 2 aliphatic rings. The quantitative estimate of drug-likeness (QED) is 0.424. The zero-order valence-electron chi connectivity index (χ0n) is 24.0. The maximum absolute atomic E-state index is 13.8. The zero-order valence-corrected chi connectivity index (χ0v) is 24.0. The van der Waals surface area contributed by atoms with Gasteiger partial charge in [0.15, 0.2) is 11.5 Å². The number of fused-ring (bicyclic) bond motifs is 1. The monoisotopic (exact) mass is 561 g/mol. The van der Waals surface area contributed by atoms with Crippen molar-refractivity contribution in [1.82, 2.24) is 25.1 Å². The zero-order chi connectivity index (χ0) is 29.4. The van der Waals surface area contributed by atoms with Crippen LogP contribution in [-0.2, 0) is 22.6 Å². The third-order valence-corrected chi connectivity index (χ3v) is 7.55. The molecular weight excluding hydrogens is 522 g/mol. The first-order chi connectivity index (χ1) is 19.9. The van der Waals surface area contributed by atoms with E-state index in [1.165, 1.54) is 0 Å². The molecule has 41 heavy (non-hydrogen) atoms. The summed E-state index contributed by atoms with van der Waals surface area (Å²) in [6.07, 6.45) is 7.73. The molecule has 2 heterocycles. The summed E-state index contributed by atoms with van der Waals surface area (Å²) >= 11 is 0. The molecule has 2 aromatic rings. The summed E-state index contributed by atoms with van der Waals surface area (Å²) in [5.41, 5.74) is 1.93. The van der Waals surface area contributed by atoms with Crippen LogP contribution in [0.5, 0.6) is 11.5 Å². The number of carbonyl (C=O) groups is 3. The Kier molecular flexibility index (Phi) is 10.1. The van der Waals surface area contributed by atoms with Crippen molar-refractivity contribution in [1.29, 1.82) is 0 Å². The van der Waals surface area contributed by atoms with Crippen LogP contribution in [0.1, 0.15) is 37.3 Å². The molecule has 0 spiro atoms. The number of amides is 4. The number of unbranched alkanes of at least 4 members (excludes halogenated alkanes) is 1. The van der Waals surface area contributed by atoms with Gasteiger partial charge in [0, 0.05) is 13.1 Å². The summed E-state index contributed by atoms with van der Waals surface area (Å²) in [7, 11) is 3.17. The third kappa shape index (κ3) is 6.74. The fourth-order valence-electron chi connectivity index (χ4n) is 5.47. The Morgan fingerprint density at radius 3 is 2.51 bits per heavy atom. The minimum Gasteiger partial charge on any atom is -0.493 e. The van der Waals surface area contributed by atoms with Crippen molar-refractivity contribution in [3.8, 4) is 23.8 Å². The second-order valence-corrected chi connectivity index (χ2v) is 10.2. The van der Waals surface area contributed by atoms with Gasteiger partial charge in [-0.2, -0.15) is 5.01 Å². The normalized spacial score (nSPS) is 19.0. The van der Waals surface area contributed by atoms with E-state index in [-0.39, 0.29) is 37.5 Å². The van der Waals surface area contributed by atoms with E-state index < -0.39 is 12.2 Å². The molecule has 0 saturated carbocycles. The lowest BCUT2D eigenvalue weighted by Gasteiger charge is -2.55. The van der Waals surface area contributed by atoms with Gasteiger partial charge in [-0.1, -0.05) is 62.1 Å². The maximum Gasteiger partial charge on any atom is 0.334 e. The molecule has 4 rings (SSSR count). The van der Waals surface area contributed by atoms with Gasteiger partial charge in [0.05, 0.1) is 33.9 Å². The molecule has 0 aliphatic carbocycles. The Labute approximate surface area is 242 Å². The standard InChI is InChI=1S/C31H39N5O5/c1-5-7-13-25-30(38)33(18-16-23-14-15-26(40-3)27(19-23)41-4)21-28-35(25)29(37)22-34(17-6-2)36(28)31(39)32-20-24-11-9-8-10-12-24/h2,8-12,14-15,19,25,28H,5,7,13,16-18,20-22H2,1,3-4H3,(H,32,39)/t25-,28-/m0/s1. The van der Waals surface area contributed by atoms with E-state index in [1.807, 2.05) is 48.5 Å². The predicted molar refractivity (Wildman–Crippen MR) is 155 cm³/mol. The number of ether oxygens (including phenoxy) is 2. The van der Waals surface area contributed by atoms with Crippen molar-refractivity contribution in [2.75, 3.05) is 40.4 Å². The van der Waals surface area contributed by atoms with Gasteiger partial charge in [-0.3, -0.25) is 9.59 Å². The number of urea groups is 1. The molecule has 0 aromatic heterocycles. The number of hydrogen-bond acceptors (Lipinski definition) is 6. The highest BCUT2D eigenvalue weighted by atomic mass is 16.5. The van der Waals surface area contributed by atoms with E-state index in [2.05, 4.69) is 18.2 Å². The summed E-state index contributed by atoms with van der Waals surface area (Å²) in [6, 6.07) is 14.3. The number of benzene rings is 2. The van der Waals surface area contributed by atoms with E-state index in [0.717, 1.165) is 24.0 Å². The fraction of sp³-hybridized carbons (Fsp3) is 0.452. The van der Waals surface area contributed by atoms with Gasteiger partial charge in [-0.15, -0.1) is 6.42 Å². The highest BCUT2D eigenvalue weighted by Crippen LogP contribution is 2.30. The van der Waals surface area contributed by atoms with Crippen molar-refractivity contribution in [2.24, 2.45) is 0 Å². The van der Waals surface area contributed by atoms with Crippen molar-refractivity contribution in [2.45, 2.75) is 51.4 Å². The van der Waals surface area contributed by atoms with Gasteiger partial charge in [-0.05, 0) is 36.1 Å². The molecule has 2 fully saturated rings. The first-order valence-electron chi connectivity index (χ1n) is 14.0. The number of rotatable bonds is 11. The Hall–Kier alpha value is -4.23. The number of nitrogens with one attached hydrogen (secondary N) is 1. The van der Waals surface area contributed by atoms with Crippen molar-refractivity contribution in [3.05, 3.63) is 59.7 Å². The summed E-state index contributed by atoms with van der Waals surface area (Å²) < 4.78 is 10.8. The number of carbonyl (C=O) groups excluding carboxylic acids is 3. The number of hydrazine groups is 1. The highest BCUT2D eigenvalue weighted by Gasteiger charge is 2.50. The van der Waals surface area contributed by atoms with E-state index >= 15 is 0 Å². The number of piperazine rings is 1. The molecule has 0 radical (unpaired) electrons. The Morgan fingerprint density at radius 2 is 1.83 bits per heavy atom. The molecule has 2 atom stereocenters. The number of hydrogen-bond donors (Lipinski definition) is 1. The Morgan fingerprint density at radius 1 is 1.07 bits per heavy atom. The lowest BCUT2D eigenvalue weighted by molar-refractivity contribution is -0.189. The van der Waals surface area contributed by atoms with Crippen LogP contribution in [-0.4, -0.2) is 90.3 Å². The summed E-state index contributed by atoms with van der Waals surface area (Å²) in [5, 5.41) is 6.12. The van der Waals surface area contributed by atoms with E-state index in [4.69, 9.17) is 15.9 Å². The molecule has 2 saturated heterocycles. The molecule has 0 unspecified atom stereocenters. The molecule has 4 amide bonds. The van der Waals surface area contributed by atoms with Crippen LogP contribution in [0.4, 0.5) is 4.79 Å². The minimum absolute atomic E-state index is 0.0684. The SMILES string of the molecule is C#CCN1CC(=O)N2[C@@H](CCCC)C(=O)N(CCc3ccc(OC)c(OC)c3)C[C@@H]2N1C(=O)NCc1ccccc1. The Balaban J connectivity index is 1.60. The van der Waals surface area contributed by atoms with E-state index in [9.17, 15) is 14.4 Å². The van der Waals surface area contributed by atoms with Gasteiger partial charge < -0.3 is 24.6 Å². The van der Waals surface area contributed by atoms with Crippen LogP contribution < -0.4 is 14.8 Å². The largest absolute Gasteiger partial charge is 0.493 e. The first-order valence-corrected chi connectivity index (χ1v) is 14.0. The van der Waals surface area contributed by atoms with Gasteiger partial charge in [0.1, 0.15) is 12.2 Å². The van der Waals surface area contributed by atoms with Crippen molar-refractivity contribution in [3.63, 3.8) is 0 Å². The topological polar surface area (TPSA) is 94.7 Å². The molecular formula is C31H39N5O5. The maximum atomic E-state index is 13.8. The second kappa shape index (κ2) is 13.9. The number of nitrogens with zero attached hydrogens (tertiary/aromatic N) is 4. The molecule has 0 bridgehead atoms. The van der Waals surface area contributed by atoms with Crippen LogP contribution in [0.2, 0.25) is 0 Å². The van der Waals surface area contributed by atoms with Crippen LogP contribution >= 0.6 is 0 Å². The average Bonchev–Trinajstić information content (AvgIpc) is 2.99. The fourth-order valence-corrected chi connectivity index (χ4v) is 5.47. The number of terminal acetylenes is 1. The van der Waals surface area contributed by atoms with Gasteiger partial charge in [0.2, 0.25) is 11.8 Å². The van der Waals surface area contributed by atoms with E-state index in [1.54, 1.807) is 34.0 Å². The van der Waals surface area contributed by atoms with Gasteiger partial charge in [0.25, 0.3) is 0 Å². The molecule has 2 aromatic carbocycles. The molecule has 1 N–H and O–H groups in total. The van der Waals surface area contributed by atoms with Crippen molar-refractivity contribution < 1.29 is 23.9 Å². The van der Waals surface area contributed by atoms with Crippen LogP contribution in [0.15, 0.2) is 48.5 Å². The van der Waals surface area contributed by atoms with Crippen LogP contribution in [0.25, 0.3) is 0 Å². The highest BCUT2D eigenvalue weighted by molar-refractivity contribution is 5.91. The van der Waals surface area contributed by atoms with Crippen LogP contribution in [0, 0.1) is 12.3 Å². The predicted octanol–water partition coefficient (Wildman–Crippen LogP) is 2.88. The third-order valence-electron chi connectivity index (χ3n) is 7.55. The lowest BCUT2D eigenvalue weighted by atomic mass is 10.0. The molecule has 10 heteroatoms. The first kappa shape index (κ1) is 29.7. The van der Waals surface area contributed by atoms with E-state index in [0.29, 0.717) is 37.4 Å². The summed E-state index contributed by atoms with van der Waals surface area (Å²) in [5.74, 6) is 3.52. The smallest absolute Gasteiger partial charge is 0.334 e. The average molecular weight is 562 g/mol. The lowest BCUT2D eigenvalue weighted by Crippen LogP contribution is -2.76. The van der Waals surface area contributed by atoms with Gasteiger partial charge in [-0.25, -0.2) is 9.80 Å². The molecule has 10 nitrogen and oxygen atoms in total. The van der Waals surface area contributed by atoms with Crippen LogP contribution in [0.3, 0.4) is 0 Å². The number of methoxy groups -OCH3 is 2. The van der Waals surface area contributed by atoms with Crippen molar-refractivity contribution >= 4 is 17.8 Å². The van der Waals surface area contributed by atoms with Gasteiger partial charge >= 0.3 is 6.03 Å².